The van der Waals surface area contributed by atoms with Crippen LogP contribution in [0.25, 0.3) is 0 Å². The standard InChI is InChI=1S/C18H23F2N5O4S/c19-13-7-11(24-9-12(29-18(24)28)1-2-15(21)30)8-14(20)17(13)23-4-3-22-25(6-5-23)16(27)10-26/h7-8,12,22,26H,1-6,9-10H2,(H2,21,30)/t12-/m0/s1. The summed E-state index contributed by atoms with van der Waals surface area (Å²) in [5.74, 6) is -2.18. The third-order valence-electron chi connectivity index (χ3n) is 4.93. The van der Waals surface area contributed by atoms with E-state index < -0.39 is 36.3 Å². The van der Waals surface area contributed by atoms with Gasteiger partial charge in [0.15, 0.2) is 11.6 Å². The van der Waals surface area contributed by atoms with Crippen LogP contribution in [0.1, 0.15) is 12.8 Å². The molecule has 0 saturated carbocycles. The Balaban J connectivity index is 1.73. The Bertz CT molecular complexity index is 820. The molecule has 164 valence electrons. The zero-order valence-electron chi connectivity index (χ0n) is 16.1. The Morgan fingerprint density at radius 2 is 2.00 bits per heavy atom. The fourth-order valence-electron chi connectivity index (χ4n) is 3.45. The number of cyclic esters (lactones) is 1. The number of carbonyl (C=O) groups is 2. The van der Waals surface area contributed by atoms with Gasteiger partial charge >= 0.3 is 6.09 Å². The SMILES string of the molecule is NC(=S)CC[C@H]1CN(c2cc(F)c(N3CCNN(C(=O)CO)CC3)c(F)c2)C(=O)O1. The average Bonchev–Trinajstić information content (AvgIpc) is 2.90. The van der Waals surface area contributed by atoms with Gasteiger partial charge in [-0.15, -0.1) is 0 Å². The lowest BCUT2D eigenvalue weighted by molar-refractivity contribution is -0.136. The van der Waals surface area contributed by atoms with Crippen LogP contribution in [0.3, 0.4) is 0 Å². The number of aliphatic hydroxyl groups excluding tert-OH is 1. The van der Waals surface area contributed by atoms with Crippen LogP contribution in [-0.4, -0.2) is 72.5 Å². The highest BCUT2D eigenvalue weighted by Gasteiger charge is 2.33. The Morgan fingerprint density at radius 3 is 2.63 bits per heavy atom. The first kappa shape index (κ1) is 22.1. The number of nitrogens with zero attached hydrogens (tertiary/aromatic N) is 3. The highest BCUT2D eigenvalue weighted by atomic mass is 32.1. The lowest BCUT2D eigenvalue weighted by Crippen LogP contribution is -2.45. The van der Waals surface area contributed by atoms with Crippen LogP contribution >= 0.6 is 12.2 Å². The molecule has 0 bridgehead atoms. The summed E-state index contributed by atoms with van der Waals surface area (Å²) >= 11 is 4.81. The Hall–Kier alpha value is -2.57. The minimum Gasteiger partial charge on any atom is -0.444 e. The molecule has 2 aliphatic rings. The number of halogens is 2. The normalized spacial score (nSPS) is 19.6. The molecule has 2 aliphatic heterocycles. The molecular formula is C18H23F2N5O4S. The van der Waals surface area contributed by atoms with Gasteiger partial charge in [-0.2, -0.15) is 0 Å². The third-order valence-corrected chi connectivity index (χ3v) is 5.13. The van der Waals surface area contributed by atoms with Crippen molar-refractivity contribution < 1.29 is 28.2 Å². The number of benzene rings is 1. The maximum absolute atomic E-state index is 14.8. The van der Waals surface area contributed by atoms with E-state index in [1.54, 1.807) is 0 Å². The van der Waals surface area contributed by atoms with Crippen molar-refractivity contribution in [1.29, 1.82) is 0 Å². The van der Waals surface area contributed by atoms with Crippen molar-refractivity contribution in [2.45, 2.75) is 18.9 Å². The minimum absolute atomic E-state index is 0.0570. The molecule has 0 radical (unpaired) electrons. The molecule has 3 rings (SSSR count). The first-order chi connectivity index (χ1) is 14.3. The van der Waals surface area contributed by atoms with Crippen LogP contribution in [0.2, 0.25) is 0 Å². The topological polar surface area (TPSA) is 111 Å². The van der Waals surface area contributed by atoms with E-state index >= 15 is 0 Å². The van der Waals surface area contributed by atoms with Crippen LogP contribution in [0.5, 0.6) is 0 Å². The van der Waals surface area contributed by atoms with Gasteiger partial charge in [-0.1, -0.05) is 12.2 Å². The molecule has 4 N–H and O–H groups in total. The van der Waals surface area contributed by atoms with E-state index in [-0.39, 0.29) is 44.1 Å². The van der Waals surface area contributed by atoms with E-state index in [1.165, 1.54) is 14.8 Å². The summed E-state index contributed by atoms with van der Waals surface area (Å²) in [6.07, 6.45) is -0.311. The average molecular weight is 443 g/mol. The summed E-state index contributed by atoms with van der Waals surface area (Å²) in [4.78, 5) is 26.7. The number of carbonyl (C=O) groups excluding carboxylic acids is 2. The molecule has 2 fully saturated rings. The number of anilines is 2. The molecule has 1 atom stereocenters. The Kier molecular flexibility index (Phi) is 7.00. The molecule has 0 spiro atoms. The zero-order valence-corrected chi connectivity index (χ0v) is 17.0. The van der Waals surface area contributed by atoms with Crippen molar-refractivity contribution >= 4 is 40.6 Å². The monoisotopic (exact) mass is 443 g/mol. The van der Waals surface area contributed by atoms with Gasteiger partial charge in [0.05, 0.1) is 23.8 Å². The van der Waals surface area contributed by atoms with Crippen molar-refractivity contribution in [3.8, 4) is 0 Å². The van der Waals surface area contributed by atoms with Gasteiger partial charge in [0.2, 0.25) is 0 Å². The number of hydrogen-bond donors (Lipinski definition) is 3. The van der Waals surface area contributed by atoms with Crippen LogP contribution < -0.4 is 21.0 Å². The molecule has 0 aliphatic carbocycles. The fourth-order valence-corrected chi connectivity index (χ4v) is 3.57. The van der Waals surface area contributed by atoms with E-state index in [9.17, 15) is 18.4 Å². The number of aliphatic hydroxyl groups is 1. The largest absolute Gasteiger partial charge is 0.444 e. The van der Waals surface area contributed by atoms with E-state index in [2.05, 4.69) is 5.43 Å². The van der Waals surface area contributed by atoms with Crippen LogP contribution in [0.4, 0.5) is 25.0 Å². The molecule has 30 heavy (non-hydrogen) atoms. The van der Waals surface area contributed by atoms with Gasteiger partial charge in [-0.3, -0.25) is 14.7 Å². The predicted molar refractivity (Wildman–Crippen MR) is 109 cm³/mol. The van der Waals surface area contributed by atoms with Crippen LogP contribution in [0, 0.1) is 11.6 Å². The van der Waals surface area contributed by atoms with Crippen LogP contribution in [0.15, 0.2) is 12.1 Å². The number of thiocarbonyl (C=S) groups is 1. The van der Waals surface area contributed by atoms with Gasteiger partial charge in [0.25, 0.3) is 5.91 Å². The van der Waals surface area contributed by atoms with Crippen molar-refractivity contribution in [3.05, 3.63) is 23.8 Å². The molecule has 12 heteroatoms. The second kappa shape index (κ2) is 9.49. The maximum atomic E-state index is 14.8. The van der Waals surface area contributed by atoms with Crippen molar-refractivity contribution in [2.75, 3.05) is 49.1 Å². The zero-order chi connectivity index (χ0) is 21.8. The number of rotatable bonds is 6. The summed E-state index contributed by atoms with van der Waals surface area (Å²) in [7, 11) is 0. The second-order valence-corrected chi connectivity index (χ2v) is 7.50. The van der Waals surface area contributed by atoms with Gasteiger partial charge < -0.3 is 20.5 Å². The number of hydrazine groups is 1. The Morgan fingerprint density at radius 1 is 1.30 bits per heavy atom. The number of amides is 2. The van der Waals surface area contributed by atoms with Crippen molar-refractivity contribution in [3.63, 3.8) is 0 Å². The highest BCUT2D eigenvalue weighted by molar-refractivity contribution is 7.80. The molecule has 0 aromatic heterocycles. The van der Waals surface area contributed by atoms with Gasteiger partial charge in [-0.05, 0) is 6.42 Å². The van der Waals surface area contributed by atoms with E-state index in [4.69, 9.17) is 27.8 Å². The second-order valence-electron chi connectivity index (χ2n) is 6.98. The van der Waals surface area contributed by atoms with E-state index in [0.29, 0.717) is 17.8 Å². The molecular weight excluding hydrogens is 420 g/mol. The molecule has 9 nitrogen and oxygen atoms in total. The van der Waals surface area contributed by atoms with E-state index in [0.717, 1.165) is 12.1 Å². The number of nitrogens with two attached hydrogens (primary N) is 1. The number of nitrogens with one attached hydrogen (secondary N) is 1. The first-order valence-corrected chi connectivity index (χ1v) is 9.86. The molecule has 1 aromatic carbocycles. The summed E-state index contributed by atoms with van der Waals surface area (Å²) in [6.45, 7) is 0.298. The summed E-state index contributed by atoms with van der Waals surface area (Å²) in [5.41, 5.74) is 8.08. The highest BCUT2D eigenvalue weighted by Crippen LogP contribution is 2.31. The number of hydrogen-bond acceptors (Lipinski definition) is 7. The lowest BCUT2D eigenvalue weighted by Gasteiger charge is -2.25. The molecule has 1 aromatic rings. The van der Waals surface area contributed by atoms with Gasteiger partial charge in [-0.25, -0.2) is 19.0 Å². The van der Waals surface area contributed by atoms with Crippen molar-refractivity contribution in [1.82, 2.24) is 10.4 Å². The van der Waals surface area contributed by atoms with Crippen LogP contribution in [-0.2, 0) is 9.53 Å². The van der Waals surface area contributed by atoms with Crippen molar-refractivity contribution in [2.24, 2.45) is 5.73 Å². The summed E-state index contributed by atoms with van der Waals surface area (Å²) in [5, 5.41) is 10.2. The molecule has 0 unspecified atom stereocenters. The number of ether oxygens (including phenoxy) is 1. The van der Waals surface area contributed by atoms with E-state index in [1.807, 2.05) is 0 Å². The summed E-state index contributed by atoms with van der Waals surface area (Å²) < 4.78 is 34.9. The molecule has 2 heterocycles. The predicted octanol–water partition coefficient (Wildman–Crippen LogP) is 0.502. The molecule has 2 saturated heterocycles. The fraction of sp³-hybridized carbons (Fsp3) is 0.500. The van der Waals surface area contributed by atoms with Gasteiger partial charge in [0, 0.05) is 38.2 Å². The Labute approximate surface area is 177 Å². The lowest BCUT2D eigenvalue weighted by atomic mass is 10.1. The third kappa shape index (κ3) is 4.94. The minimum atomic E-state index is -0.827. The molecule has 2 amide bonds. The first-order valence-electron chi connectivity index (χ1n) is 9.45. The smallest absolute Gasteiger partial charge is 0.414 e. The maximum Gasteiger partial charge on any atom is 0.414 e. The van der Waals surface area contributed by atoms with Gasteiger partial charge in [0.1, 0.15) is 18.4 Å². The summed E-state index contributed by atoms with van der Waals surface area (Å²) in [6, 6.07) is 2.18. The quantitative estimate of drug-likeness (QED) is 0.545.